The molecule has 3 heteroatoms. The predicted molar refractivity (Wildman–Crippen MR) is 67.7 cm³/mol. The van der Waals surface area contributed by atoms with Gasteiger partial charge in [-0.1, -0.05) is 34.1 Å². The highest BCUT2D eigenvalue weighted by Crippen LogP contribution is 2.41. The number of hydrogen-bond acceptors (Lipinski definition) is 2. The Morgan fingerprint density at radius 1 is 1.31 bits per heavy atom. The summed E-state index contributed by atoms with van der Waals surface area (Å²) in [5.41, 5.74) is 1.61. The van der Waals surface area contributed by atoms with Crippen molar-refractivity contribution in [2.45, 2.75) is 24.3 Å². The second-order valence-corrected chi connectivity index (χ2v) is 5.63. The standard InChI is InChI=1S/C13H16BrNO/c14-11-5-2-1-4-10(11)13(8-16-9-13)12-6-3-7-15-12/h1-2,4-5,12,15H,3,6-9H2. The molecule has 0 aromatic heterocycles. The molecule has 0 amide bonds. The Kier molecular flexibility index (Phi) is 2.78. The van der Waals surface area contributed by atoms with Gasteiger partial charge in [-0.25, -0.2) is 0 Å². The second-order valence-electron chi connectivity index (χ2n) is 4.78. The lowest BCUT2D eigenvalue weighted by Crippen LogP contribution is -2.58. The van der Waals surface area contributed by atoms with Crippen molar-refractivity contribution in [3.63, 3.8) is 0 Å². The predicted octanol–water partition coefficient (Wildman–Crippen LogP) is 2.47. The molecule has 2 saturated heterocycles. The van der Waals surface area contributed by atoms with Crippen molar-refractivity contribution in [3.8, 4) is 0 Å². The summed E-state index contributed by atoms with van der Waals surface area (Å²) in [6, 6.07) is 9.13. The van der Waals surface area contributed by atoms with Gasteiger partial charge in [0.1, 0.15) is 0 Å². The molecule has 1 atom stereocenters. The van der Waals surface area contributed by atoms with Gasteiger partial charge in [-0.15, -0.1) is 0 Å². The summed E-state index contributed by atoms with van der Waals surface area (Å²) in [6.45, 7) is 2.86. The third-order valence-corrected chi connectivity index (χ3v) is 4.55. The van der Waals surface area contributed by atoms with Crippen molar-refractivity contribution in [2.75, 3.05) is 19.8 Å². The van der Waals surface area contributed by atoms with Gasteiger partial charge < -0.3 is 10.1 Å². The molecule has 1 N–H and O–H groups in total. The van der Waals surface area contributed by atoms with Gasteiger partial charge in [-0.3, -0.25) is 0 Å². The minimum Gasteiger partial charge on any atom is -0.379 e. The normalized spacial score (nSPS) is 27.7. The van der Waals surface area contributed by atoms with Crippen LogP contribution in [0.3, 0.4) is 0 Å². The lowest BCUT2D eigenvalue weighted by atomic mass is 9.72. The molecule has 0 aliphatic carbocycles. The monoisotopic (exact) mass is 281 g/mol. The first-order valence-corrected chi connectivity index (χ1v) is 6.68. The minimum absolute atomic E-state index is 0.205. The Morgan fingerprint density at radius 3 is 2.69 bits per heavy atom. The Labute approximate surface area is 105 Å². The van der Waals surface area contributed by atoms with Gasteiger partial charge in [0.05, 0.1) is 18.6 Å². The van der Waals surface area contributed by atoms with E-state index in [9.17, 15) is 0 Å². The largest absolute Gasteiger partial charge is 0.379 e. The highest BCUT2D eigenvalue weighted by molar-refractivity contribution is 9.10. The second kappa shape index (κ2) is 4.13. The Hall–Kier alpha value is -0.380. The van der Waals surface area contributed by atoms with E-state index < -0.39 is 0 Å². The Morgan fingerprint density at radius 2 is 2.12 bits per heavy atom. The molecule has 2 nitrogen and oxygen atoms in total. The van der Waals surface area contributed by atoms with E-state index >= 15 is 0 Å². The van der Waals surface area contributed by atoms with Crippen LogP contribution in [0.4, 0.5) is 0 Å². The summed E-state index contributed by atoms with van der Waals surface area (Å²) in [5.74, 6) is 0. The Balaban J connectivity index is 1.98. The number of rotatable bonds is 2. The SMILES string of the molecule is Brc1ccccc1C1(C2CCCN2)COC1. The lowest BCUT2D eigenvalue weighted by molar-refractivity contribution is -0.0764. The highest BCUT2D eigenvalue weighted by atomic mass is 79.9. The molecule has 1 unspecified atom stereocenters. The van der Waals surface area contributed by atoms with Crippen molar-refractivity contribution < 1.29 is 4.74 Å². The summed E-state index contributed by atoms with van der Waals surface area (Å²) < 4.78 is 6.71. The van der Waals surface area contributed by atoms with Gasteiger partial charge in [0.15, 0.2) is 0 Å². The molecule has 2 aliphatic rings. The van der Waals surface area contributed by atoms with Gasteiger partial charge in [-0.2, -0.15) is 0 Å². The maximum absolute atomic E-state index is 5.50. The fourth-order valence-corrected chi connectivity index (χ4v) is 3.57. The van der Waals surface area contributed by atoms with Crippen LogP contribution < -0.4 is 5.32 Å². The maximum atomic E-state index is 5.50. The third-order valence-electron chi connectivity index (χ3n) is 3.86. The quantitative estimate of drug-likeness (QED) is 0.899. The molecule has 0 spiro atoms. The van der Waals surface area contributed by atoms with E-state index in [-0.39, 0.29) is 5.41 Å². The van der Waals surface area contributed by atoms with Crippen LogP contribution in [-0.4, -0.2) is 25.8 Å². The first kappa shape index (κ1) is 10.8. The van der Waals surface area contributed by atoms with Crippen LogP contribution in [0.15, 0.2) is 28.7 Å². The van der Waals surface area contributed by atoms with E-state index in [1.54, 1.807) is 0 Å². The topological polar surface area (TPSA) is 21.3 Å². The number of ether oxygens (including phenoxy) is 1. The van der Waals surface area contributed by atoms with Crippen LogP contribution in [0.5, 0.6) is 0 Å². The lowest BCUT2D eigenvalue weighted by Gasteiger charge is -2.47. The summed E-state index contributed by atoms with van der Waals surface area (Å²) >= 11 is 3.67. The zero-order valence-corrected chi connectivity index (χ0v) is 10.8. The van der Waals surface area contributed by atoms with Gasteiger partial charge in [0.2, 0.25) is 0 Å². The van der Waals surface area contributed by atoms with Gasteiger partial charge in [0, 0.05) is 10.5 Å². The van der Waals surface area contributed by atoms with Crippen LogP contribution in [0.25, 0.3) is 0 Å². The van der Waals surface area contributed by atoms with Crippen molar-refractivity contribution >= 4 is 15.9 Å². The molecule has 0 saturated carbocycles. The van der Waals surface area contributed by atoms with Crippen LogP contribution in [-0.2, 0) is 10.2 Å². The van der Waals surface area contributed by atoms with Crippen molar-refractivity contribution in [1.82, 2.24) is 5.32 Å². The maximum Gasteiger partial charge on any atom is 0.0601 e. The van der Waals surface area contributed by atoms with E-state index in [0.717, 1.165) is 19.8 Å². The average molecular weight is 282 g/mol. The zero-order valence-electron chi connectivity index (χ0n) is 9.21. The fourth-order valence-electron chi connectivity index (χ4n) is 2.89. The molecule has 0 radical (unpaired) electrons. The molecule has 3 rings (SSSR count). The van der Waals surface area contributed by atoms with Gasteiger partial charge >= 0.3 is 0 Å². The zero-order chi connectivity index (χ0) is 11.0. The van der Waals surface area contributed by atoms with Crippen LogP contribution in [0, 0.1) is 0 Å². The number of hydrogen-bond donors (Lipinski definition) is 1. The van der Waals surface area contributed by atoms with Gasteiger partial charge in [-0.05, 0) is 31.0 Å². The molecule has 16 heavy (non-hydrogen) atoms. The Bertz CT molecular complexity index is 383. The van der Waals surface area contributed by atoms with Crippen molar-refractivity contribution in [3.05, 3.63) is 34.3 Å². The molecular formula is C13H16BrNO. The summed E-state index contributed by atoms with van der Waals surface area (Å²) in [6.07, 6.45) is 2.56. The van der Waals surface area contributed by atoms with Crippen LogP contribution >= 0.6 is 15.9 Å². The highest BCUT2D eigenvalue weighted by Gasteiger charge is 2.48. The number of benzene rings is 1. The van der Waals surface area contributed by atoms with E-state index in [2.05, 4.69) is 45.5 Å². The summed E-state index contributed by atoms with van der Waals surface area (Å²) in [7, 11) is 0. The van der Waals surface area contributed by atoms with E-state index in [1.165, 1.54) is 22.9 Å². The molecule has 1 aromatic rings. The van der Waals surface area contributed by atoms with E-state index in [4.69, 9.17) is 4.74 Å². The number of nitrogens with one attached hydrogen (secondary N) is 1. The smallest absolute Gasteiger partial charge is 0.0601 e. The molecule has 1 aromatic carbocycles. The fraction of sp³-hybridized carbons (Fsp3) is 0.538. The molecule has 2 aliphatic heterocycles. The van der Waals surface area contributed by atoms with Crippen molar-refractivity contribution in [2.24, 2.45) is 0 Å². The van der Waals surface area contributed by atoms with E-state index in [0.29, 0.717) is 6.04 Å². The van der Waals surface area contributed by atoms with Crippen LogP contribution in [0.1, 0.15) is 18.4 Å². The van der Waals surface area contributed by atoms with Gasteiger partial charge in [0.25, 0.3) is 0 Å². The van der Waals surface area contributed by atoms with E-state index in [1.807, 2.05) is 0 Å². The third kappa shape index (κ3) is 1.53. The first-order valence-electron chi connectivity index (χ1n) is 5.89. The number of halogens is 1. The summed E-state index contributed by atoms with van der Waals surface area (Å²) in [5, 5.41) is 3.62. The first-order chi connectivity index (χ1) is 7.83. The van der Waals surface area contributed by atoms with Crippen LogP contribution in [0.2, 0.25) is 0 Å². The van der Waals surface area contributed by atoms with Crippen molar-refractivity contribution in [1.29, 1.82) is 0 Å². The molecule has 2 heterocycles. The summed E-state index contributed by atoms with van der Waals surface area (Å²) in [4.78, 5) is 0. The average Bonchev–Trinajstić information content (AvgIpc) is 2.73. The molecule has 2 fully saturated rings. The molecular weight excluding hydrogens is 266 g/mol. The molecule has 0 bridgehead atoms. The molecule has 86 valence electrons. The minimum atomic E-state index is 0.205.